The van der Waals surface area contributed by atoms with Gasteiger partial charge in [0.1, 0.15) is 10.5 Å². The van der Waals surface area contributed by atoms with Crippen molar-refractivity contribution in [3.8, 4) is 21.7 Å². The predicted molar refractivity (Wildman–Crippen MR) is 125 cm³/mol. The third-order valence-electron chi connectivity index (χ3n) is 5.23. The maximum absolute atomic E-state index is 13.3. The van der Waals surface area contributed by atoms with Crippen LogP contribution >= 0.6 is 22.7 Å². The summed E-state index contributed by atoms with van der Waals surface area (Å²) in [6.45, 7) is 1.72. The Balaban J connectivity index is 1.69. The van der Waals surface area contributed by atoms with Crippen LogP contribution in [0.1, 0.15) is 19.3 Å². The van der Waals surface area contributed by atoms with Gasteiger partial charge in [-0.1, -0.05) is 54.2 Å². The van der Waals surface area contributed by atoms with Gasteiger partial charge in [-0.15, -0.1) is 15.6 Å². The third kappa shape index (κ3) is 3.58. The number of hydrogen-bond acceptors (Lipinski definition) is 6. The number of hydrogen-bond donors (Lipinski definition) is 1. The van der Waals surface area contributed by atoms with Crippen molar-refractivity contribution < 1.29 is 4.55 Å². The SMILES string of the molecule is Nc1c([S+]([O-])N2CCCCC2)sc2nc(-c3cccs3)cc(-c3ccccc3)c12. The first kappa shape index (κ1) is 19.1. The van der Waals surface area contributed by atoms with Crippen molar-refractivity contribution in [2.45, 2.75) is 23.5 Å². The summed E-state index contributed by atoms with van der Waals surface area (Å²) < 4.78 is 16.1. The molecule has 4 aromatic rings. The highest BCUT2D eigenvalue weighted by Crippen LogP contribution is 2.44. The van der Waals surface area contributed by atoms with E-state index in [1.807, 2.05) is 28.6 Å². The standard InChI is InChI=1S/C22H21N3OS3/c23-20-19-16(15-8-3-1-4-9-15)14-17(18-10-7-13-27-18)24-21(19)28-22(20)29(26)25-11-5-2-6-12-25/h1,3-4,7-10,13-14H,2,5-6,11-12,23H2. The lowest BCUT2D eigenvalue weighted by Crippen LogP contribution is -2.35. The summed E-state index contributed by atoms with van der Waals surface area (Å²) in [4.78, 5) is 6.88. The van der Waals surface area contributed by atoms with Gasteiger partial charge in [0.05, 0.1) is 21.9 Å². The van der Waals surface area contributed by atoms with E-state index in [0.717, 1.165) is 62.1 Å². The highest BCUT2D eigenvalue weighted by atomic mass is 32.2. The van der Waals surface area contributed by atoms with E-state index in [-0.39, 0.29) is 0 Å². The van der Waals surface area contributed by atoms with Crippen LogP contribution in [0.15, 0.2) is 58.1 Å². The number of thiophene rings is 2. The Labute approximate surface area is 181 Å². The molecule has 1 atom stereocenters. The summed E-state index contributed by atoms with van der Waals surface area (Å²) in [7, 11) is 0. The van der Waals surface area contributed by atoms with Crippen LogP contribution in [0.5, 0.6) is 0 Å². The van der Waals surface area contributed by atoms with Crippen molar-refractivity contribution in [2.75, 3.05) is 18.8 Å². The first-order chi connectivity index (χ1) is 14.2. The smallest absolute Gasteiger partial charge is 0.253 e. The Hall–Kier alpha value is -1.90. The highest BCUT2D eigenvalue weighted by molar-refractivity contribution is 7.91. The second-order valence-electron chi connectivity index (χ2n) is 7.12. The largest absolute Gasteiger partial charge is 0.592 e. The first-order valence-corrected chi connectivity index (χ1v) is 12.5. The summed E-state index contributed by atoms with van der Waals surface area (Å²) in [5.41, 5.74) is 10.3. The quantitative estimate of drug-likeness (QED) is 0.409. The highest BCUT2D eigenvalue weighted by Gasteiger charge is 2.31. The Morgan fingerprint density at radius 2 is 1.83 bits per heavy atom. The fraction of sp³-hybridized carbons (Fsp3) is 0.227. The van der Waals surface area contributed by atoms with Crippen LogP contribution in [-0.2, 0) is 11.4 Å². The normalized spacial score (nSPS) is 16.3. The summed E-state index contributed by atoms with van der Waals surface area (Å²) in [5, 5.41) is 2.98. The summed E-state index contributed by atoms with van der Waals surface area (Å²) in [6.07, 6.45) is 3.39. The topological polar surface area (TPSA) is 65.2 Å². The number of rotatable bonds is 4. The summed E-state index contributed by atoms with van der Waals surface area (Å²) in [6, 6.07) is 16.5. The Kier molecular flexibility index (Phi) is 5.32. The van der Waals surface area contributed by atoms with Crippen molar-refractivity contribution >= 4 is 49.9 Å². The molecule has 1 aromatic carbocycles. The zero-order chi connectivity index (χ0) is 19.8. The van der Waals surface area contributed by atoms with E-state index >= 15 is 0 Å². The number of benzene rings is 1. The lowest BCUT2D eigenvalue weighted by Gasteiger charge is -2.26. The van der Waals surface area contributed by atoms with Crippen LogP contribution in [0.4, 0.5) is 5.69 Å². The van der Waals surface area contributed by atoms with Crippen LogP contribution < -0.4 is 5.73 Å². The minimum atomic E-state index is -1.23. The molecule has 7 heteroatoms. The molecule has 1 aliphatic rings. The van der Waals surface area contributed by atoms with Gasteiger partial charge in [0.2, 0.25) is 0 Å². The molecule has 0 aliphatic carbocycles. The van der Waals surface area contributed by atoms with Crippen LogP contribution in [0, 0.1) is 0 Å². The van der Waals surface area contributed by atoms with Crippen LogP contribution in [0.2, 0.25) is 0 Å². The maximum Gasteiger partial charge on any atom is 0.253 e. The minimum absolute atomic E-state index is 0.609. The number of fused-ring (bicyclic) bond motifs is 1. The lowest BCUT2D eigenvalue weighted by molar-refractivity contribution is 0.347. The zero-order valence-electron chi connectivity index (χ0n) is 15.8. The van der Waals surface area contributed by atoms with Crippen molar-refractivity contribution in [2.24, 2.45) is 0 Å². The summed E-state index contributed by atoms with van der Waals surface area (Å²) >= 11 is 1.91. The monoisotopic (exact) mass is 439 g/mol. The van der Waals surface area contributed by atoms with Gasteiger partial charge < -0.3 is 10.3 Å². The van der Waals surface area contributed by atoms with Gasteiger partial charge in [-0.3, -0.25) is 0 Å². The predicted octanol–water partition coefficient (Wildman–Crippen LogP) is 5.78. The van der Waals surface area contributed by atoms with Crippen molar-refractivity contribution in [3.63, 3.8) is 0 Å². The second kappa shape index (κ2) is 8.08. The molecule has 2 N–H and O–H groups in total. The Morgan fingerprint density at radius 1 is 1.03 bits per heavy atom. The molecule has 1 unspecified atom stereocenters. The molecule has 148 valence electrons. The van der Waals surface area contributed by atoms with Gasteiger partial charge in [0.15, 0.2) is 0 Å². The Bertz CT molecular complexity index is 1120. The molecule has 0 amide bonds. The summed E-state index contributed by atoms with van der Waals surface area (Å²) in [5.74, 6) is 0. The molecular weight excluding hydrogens is 418 g/mol. The molecule has 29 heavy (non-hydrogen) atoms. The van der Waals surface area contributed by atoms with Crippen molar-refractivity contribution in [1.82, 2.24) is 9.29 Å². The van der Waals surface area contributed by atoms with Gasteiger partial charge in [-0.25, -0.2) is 4.98 Å². The maximum atomic E-state index is 13.3. The fourth-order valence-corrected chi connectivity index (χ4v) is 7.27. The Morgan fingerprint density at radius 3 is 2.55 bits per heavy atom. The molecule has 0 saturated carbocycles. The number of anilines is 1. The van der Waals surface area contributed by atoms with Gasteiger partial charge in [-0.05, 0) is 41.5 Å². The molecule has 0 radical (unpaired) electrons. The van der Waals surface area contributed by atoms with E-state index < -0.39 is 11.4 Å². The van der Waals surface area contributed by atoms with Crippen LogP contribution in [0.3, 0.4) is 0 Å². The average molecular weight is 440 g/mol. The second-order valence-corrected chi connectivity index (χ2v) is 10.7. The van der Waals surface area contributed by atoms with E-state index in [9.17, 15) is 4.55 Å². The van der Waals surface area contributed by atoms with E-state index in [1.54, 1.807) is 11.3 Å². The van der Waals surface area contributed by atoms with Gasteiger partial charge in [0.25, 0.3) is 4.21 Å². The number of nitrogen functional groups attached to an aromatic ring is 1. The minimum Gasteiger partial charge on any atom is -0.592 e. The van der Waals surface area contributed by atoms with Crippen LogP contribution in [0.25, 0.3) is 31.9 Å². The zero-order valence-corrected chi connectivity index (χ0v) is 18.3. The van der Waals surface area contributed by atoms with Gasteiger partial charge >= 0.3 is 0 Å². The molecule has 5 rings (SSSR count). The number of pyridine rings is 1. The number of piperidine rings is 1. The molecule has 3 aromatic heterocycles. The van der Waals surface area contributed by atoms with Gasteiger partial charge in [0, 0.05) is 18.5 Å². The molecule has 1 fully saturated rings. The fourth-order valence-electron chi connectivity index (χ4n) is 3.77. The number of aromatic nitrogens is 1. The molecule has 4 nitrogen and oxygen atoms in total. The third-order valence-corrected chi connectivity index (χ3v) is 9.07. The average Bonchev–Trinajstić information content (AvgIpc) is 3.42. The van der Waals surface area contributed by atoms with E-state index in [4.69, 9.17) is 10.7 Å². The first-order valence-electron chi connectivity index (χ1n) is 9.71. The molecule has 1 aliphatic heterocycles. The molecule has 4 heterocycles. The van der Waals surface area contributed by atoms with E-state index in [1.165, 1.54) is 17.8 Å². The molecule has 0 bridgehead atoms. The molecular formula is C22H21N3OS3. The molecule has 0 spiro atoms. The van der Waals surface area contributed by atoms with Gasteiger partial charge in [-0.2, -0.15) is 0 Å². The molecule has 1 saturated heterocycles. The van der Waals surface area contributed by atoms with E-state index in [0.29, 0.717) is 5.69 Å². The van der Waals surface area contributed by atoms with Crippen molar-refractivity contribution in [1.29, 1.82) is 0 Å². The van der Waals surface area contributed by atoms with Crippen LogP contribution in [-0.4, -0.2) is 26.9 Å². The lowest BCUT2D eigenvalue weighted by atomic mass is 10.0. The van der Waals surface area contributed by atoms with E-state index in [2.05, 4.69) is 29.6 Å². The number of nitrogens with zero attached hydrogens (tertiary/aromatic N) is 2. The number of nitrogens with two attached hydrogens (primary N) is 1. The van der Waals surface area contributed by atoms with Crippen molar-refractivity contribution in [3.05, 3.63) is 53.9 Å².